The summed E-state index contributed by atoms with van der Waals surface area (Å²) in [6.45, 7) is 0.434. The Morgan fingerprint density at radius 2 is 1.98 bits per heavy atom. The van der Waals surface area contributed by atoms with Gasteiger partial charge < -0.3 is 15.3 Å². The number of rotatable bonds is 7. The number of halogens is 1. The molecule has 2 aromatic heterocycles. The molecule has 8 nitrogen and oxygen atoms in total. The van der Waals surface area contributed by atoms with Crippen LogP contribution < -0.4 is 10.2 Å². The Morgan fingerprint density at radius 1 is 1.16 bits per heavy atom. The van der Waals surface area contributed by atoms with Gasteiger partial charge in [0.2, 0.25) is 0 Å². The summed E-state index contributed by atoms with van der Waals surface area (Å²) < 4.78 is 13.7. The molecule has 9 heteroatoms. The predicted molar refractivity (Wildman–Crippen MR) is 162 cm³/mol. The summed E-state index contributed by atoms with van der Waals surface area (Å²) >= 11 is 0. The molecule has 1 aromatic carbocycles. The number of ketones is 1. The van der Waals surface area contributed by atoms with Crippen molar-refractivity contribution in [3.05, 3.63) is 82.7 Å². The molecule has 0 saturated heterocycles. The molecule has 222 valence electrons. The van der Waals surface area contributed by atoms with Gasteiger partial charge in [-0.2, -0.15) is 5.10 Å². The van der Waals surface area contributed by atoms with Crippen LogP contribution in [0.25, 0.3) is 17.2 Å². The van der Waals surface area contributed by atoms with E-state index in [1.165, 1.54) is 12.1 Å². The number of aliphatic hydroxyl groups excluding tert-OH is 1. The number of allylic oxidation sites excluding steroid dienone is 3. The number of hydrogen-bond acceptors (Lipinski definition) is 6. The molecule has 1 atom stereocenters. The maximum absolute atomic E-state index is 14.0. The fourth-order valence-electron chi connectivity index (χ4n) is 7.23. The molecule has 3 N–H and O–H groups in total. The monoisotopic (exact) mass is 581 g/mol. The van der Waals surface area contributed by atoms with Gasteiger partial charge in [-0.05, 0) is 67.4 Å². The number of nitrogens with one attached hydrogen (secondary N) is 2. The van der Waals surface area contributed by atoms with Gasteiger partial charge in [0.05, 0.1) is 12.3 Å². The van der Waals surface area contributed by atoms with Gasteiger partial charge >= 0.3 is 0 Å². The van der Waals surface area contributed by atoms with Crippen molar-refractivity contribution in [3.63, 3.8) is 0 Å². The minimum Gasteiger partial charge on any atom is -0.396 e. The quantitative estimate of drug-likeness (QED) is 0.338. The molecule has 1 unspecified atom stereocenters. The topological polar surface area (TPSA) is 111 Å². The second kappa shape index (κ2) is 10.6. The summed E-state index contributed by atoms with van der Waals surface area (Å²) in [7, 11) is 1.94. The second-order valence-corrected chi connectivity index (χ2v) is 12.9. The minimum atomic E-state index is -0.468. The van der Waals surface area contributed by atoms with Crippen LogP contribution in [0.4, 0.5) is 10.2 Å². The van der Waals surface area contributed by atoms with Gasteiger partial charge in [-0.3, -0.25) is 19.7 Å². The lowest BCUT2D eigenvalue weighted by Gasteiger charge is -2.42. The molecule has 2 saturated carbocycles. The molecule has 1 aliphatic heterocycles. The van der Waals surface area contributed by atoms with E-state index in [2.05, 4.69) is 20.5 Å². The molecule has 3 aliphatic carbocycles. The third-order valence-corrected chi connectivity index (χ3v) is 10.0. The van der Waals surface area contributed by atoms with Gasteiger partial charge in [-0.1, -0.05) is 37.1 Å². The van der Waals surface area contributed by atoms with Crippen molar-refractivity contribution in [2.24, 2.45) is 10.8 Å². The van der Waals surface area contributed by atoms with Gasteiger partial charge in [-0.25, -0.2) is 4.39 Å². The largest absolute Gasteiger partial charge is 0.396 e. The van der Waals surface area contributed by atoms with E-state index in [4.69, 9.17) is 0 Å². The highest BCUT2D eigenvalue weighted by Crippen LogP contribution is 2.55. The number of fused-ring (bicyclic) bond motifs is 1. The fourth-order valence-corrected chi connectivity index (χ4v) is 7.23. The molecule has 3 aromatic rings. The Morgan fingerprint density at radius 3 is 2.67 bits per heavy atom. The summed E-state index contributed by atoms with van der Waals surface area (Å²) in [5.74, 6) is -0.279. The Balaban J connectivity index is 1.24. The molecular weight excluding hydrogens is 545 g/mol. The molecular formula is C34H36FN5O3. The minimum absolute atomic E-state index is 0.00360. The van der Waals surface area contributed by atoms with Crippen LogP contribution in [0, 0.1) is 16.6 Å². The van der Waals surface area contributed by atoms with Crippen LogP contribution in [0.15, 0.2) is 59.9 Å². The first-order valence-corrected chi connectivity index (χ1v) is 15.2. The van der Waals surface area contributed by atoms with Crippen LogP contribution in [-0.4, -0.2) is 52.2 Å². The predicted octanol–water partition coefficient (Wildman–Crippen LogP) is 5.54. The van der Waals surface area contributed by atoms with Crippen LogP contribution in [0.2, 0.25) is 0 Å². The number of aromatic amines is 1. The van der Waals surface area contributed by atoms with Crippen LogP contribution in [0.3, 0.4) is 0 Å². The number of carbonyl (C=O) groups excluding carboxylic acids is 2. The first kappa shape index (κ1) is 27.7. The molecule has 7 rings (SSSR count). The Bertz CT molecular complexity index is 1650. The van der Waals surface area contributed by atoms with E-state index < -0.39 is 5.92 Å². The lowest BCUT2D eigenvalue weighted by molar-refractivity contribution is -0.118. The Labute approximate surface area is 250 Å². The first-order chi connectivity index (χ1) is 20.8. The lowest BCUT2D eigenvalue weighted by Crippen LogP contribution is -2.39. The molecule has 1 amide bonds. The van der Waals surface area contributed by atoms with Crippen molar-refractivity contribution in [2.45, 2.75) is 57.3 Å². The van der Waals surface area contributed by atoms with Crippen LogP contribution >= 0.6 is 0 Å². The summed E-state index contributed by atoms with van der Waals surface area (Å²) in [5, 5.41) is 20.3. The first-order valence-electron chi connectivity index (χ1n) is 15.2. The van der Waals surface area contributed by atoms with E-state index >= 15 is 0 Å². The fraction of sp³-hybridized carbons (Fsp3) is 0.412. The van der Waals surface area contributed by atoms with E-state index in [1.54, 1.807) is 12.3 Å². The normalized spacial score (nSPS) is 21.8. The molecule has 0 radical (unpaired) electrons. The summed E-state index contributed by atoms with van der Waals surface area (Å²) in [5.41, 5.74) is 4.73. The highest BCUT2D eigenvalue weighted by molar-refractivity contribution is 6.04. The number of benzene rings is 1. The number of amides is 1. The van der Waals surface area contributed by atoms with Crippen LogP contribution in [0.1, 0.15) is 79.0 Å². The number of hydrogen-bond donors (Lipinski definition) is 3. The van der Waals surface area contributed by atoms with Gasteiger partial charge in [0.1, 0.15) is 11.5 Å². The van der Waals surface area contributed by atoms with Gasteiger partial charge in [0.25, 0.3) is 5.91 Å². The van der Waals surface area contributed by atoms with E-state index in [0.29, 0.717) is 35.7 Å². The van der Waals surface area contributed by atoms with Crippen molar-refractivity contribution >= 4 is 23.6 Å². The van der Waals surface area contributed by atoms with Gasteiger partial charge in [-0.15, -0.1) is 0 Å². The number of Topliss-reactive ketones (excluding diaryl/α,β-unsaturated/α-hetero) is 1. The standard InChI is InChI=1S/C34H36FN5O3/c1-40-26-16-33(11-2-3-12-33)17-27(42)28(26)25(10-9-24-8-7-22(18-36-24)21-5-4-6-23(35)15-21)29-30(38-39-31(29)40)32(43)37-19-34(20-41)13-14-34/h4-10,15,18,25,41H,2-3,11-14,16-17,19-20H2,1H3,(H,37,43)(H,38,39). The van der Waals surface area contributed by atoms with Crippen LogP contribution in [0.5, 0.6) is 0 Å². The van der Waals surface area contributed by atoms with E-state index in [1.807, 2.05) is 42.3 Å². The molecule has 3 heterocycles. The number of carbonyl (C=O) groups is 2. The average molecular weight is 582 g/mol. The third kappa shape index (κ3) is 4.99. The van der Waals surface area contributed by atoms with Crippen LogP contribution in [-0.2, 0) is 4.79 Å². The van der Waals surface area contributed by atoms with Crippen molar-refractivity contribution < 1.29 is 19.1 Å². The van der Waals surface area contributed by atoms with Crippen molar-refractivity contribution in [1.82, 2.24) is 20.5 Å². The maximum Gasteiger partial charge on any atom is 0.269 e. The SMILES string of the molecule is CN1C2=C(C(=O)CC3(CCCC3)C2)C(C=Cc2ccc(-c3cccc(F)c3)cn2)c2c1n[nH]c2C(=O)NCC1(CO)CC1. The zero-order chi connectivity index (χ0) is 29.8. The lowest BCUT2D eigenvalue weighted by atomic mass is 9.67. The van der Waals surface area contributed by atoms with Crippen molar-refractivity contribution in [2.75, 3.05) is 25.1 Å². The zero-order valence-corrected chi connectivity index (χ0v) is 24.3. The van der Waals surface area contributed by atoms with E-state index in [-0.39, 0.29) is 34.9 Å². The smallest absolute Gasteiger partial charge is 0.269 e. The molecule has 1 spiro atoms. The molecule has 0 bridgehead atoms. The summed E-state index contributed by atoms with van der Waals surface area (Å²) in [6, 6.07) is 10.2. The number of aliphatic hydroxyl groups is 1. The summed E-state index contributed by atoms with van der Waals surface area (Å²) in [6.07, 6.45) is 13.1. The number of pyridine rings is 1. The maximum atomic E-state index is 14.0. The summed E-state index contributed by atoms with van der Waals surface area (Å²) in [4.78, 5) is 34.1. The molecule has 2 fully saturated rings. The Kier molecular flexibility index (Phi) is 6.80. The third-order valence-electron chi connectivity index (χ3n) is 10.0. The molecule has 43 heavy (non-hydrogen) atoms. The highest BCUT2D eigenvalue weighted by Gasteiger charge is 2.48. The van der Waals surface area contributed by atoms with Crippen molar-refractivity contribution in [1.29, 1.82) is 0 Å². The van der Waals surface area contributed by atoms with Gasteiger partial charge in [0.15, 0.2) is 11.6 Å². The van der Waals surface area contributed by atoms with Crippen molar-refractivity contribution in [3.8, 4) is 11.1 Å². The number of anilines is 1. The zero-order valence-electron chi connectivity index (χ0n) is 24.3. The number of aromatic nitrogens is 3. The van der Waals surface area contributed by atoms with Gasteiger partial charge in [0, 0.05) is 59.9 Å². The second-order valence-electron chi connectivity index (χ2n) is 12.9. The number of H-pyrrole nitrogens is 1. The Hall–Kier alpha value is -4.11. The molecule has 4 aliphatic rings. The average Bonchev–Trinajstić information content (AvgIpc) is 3.43. The number of nitrogens with zero attached hydrogens (tertiary/aromatic N) is 3. The highest BCUT2D eigenvalue weighted by atomic mass is 19.1. The van der Waals surface area contributed by atoms with E-state index in [9.17, 15) is 19.1 Å². The van der Waals surface area contributed by atoms with E-state index in [0.717, 1.165) is 67.3 Å².